The summed E-state index contributed by atoms with van der Waals surface area (Å²) in [5.74, 6) is 0.862. The zero-order valence-corrected chi connectivity index (χ0v) is 19.7. The van der Waals surface area contributed by atoms with Crippen LogP contribution in [0.5, 0.6) is 11.5 Å². The van der Waals surface area contributed by atoms with Gasteiger partial charge in [0.15, 0.2) is 11.5 Å². The highest BCUT2D eigenvalue weighted by Gasteiger charge is 2.22. The summed E-state index contributed by atoms with van der Waals surface area (Å²) >= 11 is 6.18. The Bertz CT molecular complexity index is 1310. The van der Waals surface area contributed by atoms with Crippen molar-refractivity contribution in [2.24, 2.45) is 0 Å². The maximum Gasteiger partial charge on any atom is 0.263 e. The van der Waals surface area contributed by atoms with Gasteiger partial charge in [0, 0.05) is 5.56 Å². The SMILES string of the molecule is Cc1ccccc1NS(=O)(=O)c1cc(C(=O)NC(C)c2ccc3c(c2)OCCO3)ccc1Cl. The van der Waals surface area contributed by atoms with Crippen molar-refractivity contribution in [3.8, 4) is 11.5 Å². The molecule has 0 saturated carbocycles. The van der Waals surface area contributed by atoms with Gasteiger partial charge in [-0.1, -0.05) is 35.9 Å². The largest absolute Gasteiger partial charge is 0.486 e. The average molecular weight is 487 g/mol. The molecule has 1 amide bonds. The molecule has 1 aliphatic rings. The molecule has 0 bridgehead atoms. The summed E-state index contributed by atoms with van der Waals surface area (Å²) in [5, 5.41) is 2.90. The Morgan fingerprint density at radius 2 is 1.73 bits per heavy atom. The molecule has 3 aromatic carbocycles. The molecule has 0 saturated heterocycles. The summed E-state index contributed by atoms with van der Waals surface area (Å²) in [4.78, 5) is 12.7. The third kappa shape index (κ3) is 5.07. The van der Waals surface area contributed by atoms with Gasteiger partial charge in [0.2, 0.25) is 0 Å². The standard InChI is InChI=1S/C24H23ClN2O5S/c1-15-5-3-4-6-20(15)27-33(29,30)23-14-18(7-9-19(23)25)24(28)26-16(2)17-8-10-21-22(13-17)32-12-11-31-21/h3-10,13-14,16,27H,11-12H2,1-2H3,(H,26,28). The smallest absolute Gasteiger partial charge is 0.263 e. The van der Waals surface area contributed by atoms with Crippen LogP contribution in [0.3, 0.4) is 0 Å². The van der Waals surface area contributed by atoms with E-state index in [2.05, 4.69) is 10.0 Å². The van der Waals surface area contributed by atoms with E-state index in [-0.39, 0.29) is 21.5 Å². The molecule has 33 heavy (non-hydrogen) atoms. The normalized spacial score (nSPS) is 13.8. The number of carbonyl (C=O) groups excluding carboxylic acids is 1. The van der Waals surface area contributed by atoms with E-state index >= 15 is 0 Å². The topological polar surface area (TPSA) is 93.7 Å². The van der Waals surface area contributed by atoms with Crippen molar-refractivity contribution in [3.05, 3.63) is 82.4 Å². The summed E-state index contributed by atoms with van der Waals surface area (Å²) in [6.07, 6.45) is 0. The minimum absolute atomic E-state index is 0.0209. The third-order valence-corrected chi connectivity index (χ3v) is 7.13. The van der Waals surface area contributed by atoms with Crippen molar-refractivity contribution < 1.29 is 22.7 Å². The zero-order valence-electron chi connectivity index (χ0n) is 18.1. The predicted molar refractivity (Wildman–Crippen MR) is 127 cm³/mol. The molecular formula is C24H23ClN2O5S. The van der Waals surface area contributed by atoms with Crippen molar-refractivity contribution in [1.29, 1.82) is 0 Å². The molecule has 9 heteroatoms. The van der Waals surface area contributed by atoms with E-state index in [4.69, 9.17) is 21.1 Å². The molecule has 7 nitrogen and oxygen atoms in total. The van der Waals surface area contributed by atoms with Crippen LogP contribution >= 0.6 is 11.6 Å². The molecular weight excluding hydrogens is 464 g/mol. The first-order chi connectivity index (χ1) is 15.7. The van der Waals surface area contributed by atoms with E-state index in [1.54, 1.807) is 31.2 Å². The first-order valence-electron chi connectivity index (χ1n) is 10.3. The van der Waals surface area contributed by atoms with E-state index in [9.17, 15) is 13.2 Å². The van der Waals surface area contributed by atoms with E-state index in [0.717, 1.165) is 11.1 Å². The number of carbonyl (C=O) groups is 1. The highest BCUT2D eigenvalue weighted by molar-refractivity contribution is 7.92. The lowest BCUT2D eigenvalue weighted by Crippen LogP contribution is -2.27. The lowest BCUT2D eigenvalue weighted by atomic mass is 10.1. The Kier molecular flexibility index (Phi) is 6.49. The van der Waals surface area contributed by atoms with Gasteiger partial charge in [-0.2, -0.15) is 0 Å². The number of halogens is 1. The van der Waals surface area contributed by atoms with Crippen LogP contribution in [0.4, 0.5) is 5.69 Å². The average Bonchev–Trinajstić information content (AvgIpc) is 2.80. The number of nitrogens with one attached hydrogen (secondary N) is 2. The van der Waals surface area contributed by atoms with Crippen LogP contribution in [-0.4, -0.2) is 27.5 Å². The Labute approximate surface area is 197 Å². The summed E-state index contributed by atoms with van der Waals surface area (Å²) in [6, 6.07) is 16.3. The van der Waals surface area contributed by atoms with Crippen molar-refractivity contribution in [2.75, 3.05) is 17.9 Å². The third-order valence-electron chi connectivity index (χ3n) is 5.29. The van der Waals surface area contributed by atoms with Crippen LogP contribution in [0.15, 0.2) is 65.6 Å². The summed E-state index contributed by atoms with van der Waals surface area (Å²) in [7, 11) is -4.01. The molecule has 1 aliphatic heterocycles. The molecule has 0 aliphatic carbocycles. The Balaban J connectivity index is 1.54. The number of hydrogen-bond acceptors (Lipinski definition) is 5. The summed E-state index contributed by atoms with van der Waals surface area (Å²) in [5.41, 5.74) is 2.21. The van der Waals surface area contributed by atoms with Gasteiger partial charge < -0.3 is 14.8 Å². The molecule has 0 radical (unpaired) electrons. The first kappa shape index (κ1) is 22.9. The quantitative estimate of drug-likeness (QED) is 0.526. The number of aryl methyl sites for hydroxylation is 1. The fourth-order valence-corrected chi connectivity index (χ4v) is 5.09. The lowest BCUT2D eigenvalue weighted by Gasteiger charge is -2.21. The van der Waals surface area contributed by atoms with Crippen LogP contribution < -0.4 is 19.5 Å². The number of sulfonamides is 1. The van der Waals surface area contributed by atoms with Crippen molar-refractivity contribution in [3.63, 3.8) is 0 Å². The van der Waals surface area contributed by atoms with Gasteiger partial charge >= 0.3 is 0 Å². The van der Waals surface area contributed by atoms with E-state index < -0.39 is 15.9 Å². The number of benzene rings is 3. The maximum absolute atomic E-state index is 13.0. The summed E-state index contributed by atoms with van der Waals surface area (Å²) < 4.78 is 39.6. The molecule has 4 rings (SSSR count). The van der Waals surface area contributed by atoms with E-state index in [1.165, 1.54) is 18.2 Å². The van der Waals surface area contributed by atoms with Crippen LogP contribution in [0, 0.1) is 6.92 Å². The first-order valence-corrected chi connectivity index (χ1v) is 12.2. The van der Waals surface area contributed by atoms with Crippen molar-refractivity contribution >= 4 is 33.2 Å². The van der Waals surface area contributed by atoms with Crippen LogP contribution in [0.25, 0.3) is 0 Å². The van der Waals surface area contributed by atoms with E-state index in [0.29, 0.717) is 30.4 Å². The lowest BCUT2D eigenvalue weighted by molar-refractivity contribution is 0.0939. The fraction of sp³-hybridized carbons (Fsp3) is 0.208. The van der Waals surface area contributed by atoms with Gasteiger partial charge in [-0.25, -0.2) is 8.42 Å². The van der Waals surface area contributed by atoms with Gasteiger partial charge in [-0.05, 0) is 61.4 Å². The Morgan fingerprint density at radius 3 is 2.48 bits per heavy atom. The van der Waals surface area contributed by atoms with Gasteiger partial charge in [0.25, 0.3) is 15.9 Å². The number of anilines is 1. The van der Waals surface area contributed by atoms with E-state index in [1.807, 2.05) is 25.1 Å². The zero-order chi connectivity index (χ0) is 23.6. The highest BCUT2D eigenvalue weighted by atomic mass is 35.5. The number of rotatable bonds is 6. The fourth-order valence-electron chi connectivity index (χ4n) is 3.43. The molecule has 0 aromatic heterocycles. The van der Waals surface area contributed by atoms with Crippen molar-refractivity contribution in [2.45, 2.75) is 24.8 Å². The van der Waals surface area contributed by atoms with Gasteiger partial charge in [-0.15, -0.1) is 0 Å². The Hall–Kier alpha value is -3.23. The molecule has 3 aromatic rings. The second-order valence-electron chi connectivity index (χ2n) is 7.66. The number of ether oxygens (including phenoxy) is 2. The number of hydrogen-bond donors (Lipinski definition) is 2. The van der Waals surface area contributed by atoms with Crippen LogP contribution in [0.1, 0.15) is 34.5 Å². The summed E-state index contributed by atoms with van der Waals surface area (Å²) in [6.45, 7) is 4.59. The van der Waals surface area contributed by atoms with Gasteiger partial charge in [0.05, 0.1) is 16.8 Å². The molecule has 2 N–H and O–H groups in total. The second-order valence-corrected chi connectivity index (χ2v) is 9.72. The highest BCUT2D eigenvalue weighted by Crippen LogP contribution is 2.33. The molecule has 172 valence electrons. The maximum atomic E-state index is 13.0. The molecule has 1 heterocycles. The van der Waals surface area contributed by atoms with Crippen LogP contribution in [0.2, 0.25) is 5.02 Å². The number of fused-ring (bicyclic) bond motifs is 1. The van der Waals surface area contributed by atoms with Gasteiger partial charge in [-0.3, -0.25) is 9.52 Å². The molecule has 1 atom stereocenters. The Morgan fingerprint density at radius 1 is 1.00 bits per heavy atom. The number of para-hydroxylation sites is 1. The van der Waals surface area contributed by atoms with Crippen molar-refractivity contribution in [1.82, 2.24) is 5.32 Å². The minimum atomic E-state index is -4.01. The van der Waals surface area contributed by atoms with Gasteiger partial charge in [0.1, 0.15) is 18.1 Å². The monoisotopic (exact) mass is 486 g/mol. The predicted octanol–water partition coefficient (Wildman–Crippen LogP) is 4.71. The number of amides is 1. The molecule has 0 fully saturated rings. The molecule has 0 spiro atoms. The minimum Gasteiger partial charge on any atom is -0.486 e. The van der Waals surface area contributed by atoms with Crippen LogP contribution in [-0.2, 0) is 10.0 Å². The second kappa shape index (κ2) is 9.33. The molecule has 1 unspecified atom stereocenters.